The van der Waals surface area contributed by atoms with Gasteiger partial charge in [0.1, 0.15) is 0 Å². The molecule has 0 unspecified atom stereocenters. The van der Waals surface area contributed by atoms with Crippen LogP contribution in [0.2, 0.25) is 0 Å². The van der Waals surface area contributed by atoms with Gasteiger partial charge in [-0.1, -0.05) is 61.5 Å². The van der Waals surface area contributed by atoms with Crippen molar-refractivity contribution in [1.29, 1.82) is 0 Å². The smallest absolute Gasteiger partial charge is 0.0190 e. The molecule has 2 heterocycles. The molecule has 0 amide bonds. The number of nitrogens with zero attached hydrogens (tertiary/aromatic N) is 2. The van der Waals surface area contributed by atoms with Crippen LogP contribution in [0.4, 0.5) is 0 Å². The first kappa shape index (κ1) is 25.2. The molecule has 0 spiro atoms. The zero-order chi connectivity index (χ0) is 22.9. The van der Waals surface area contributed by atoms with Crippen molar-refractivity contribution >= 4 is 0 Å². The molecule has 0 aliphatic carbocycles. The van der Waals surface area contributed by atoms with E-state index >= 15 is 0 Å². The summed E-state index contributed by atoms with van der Waals surface area (Å²) in [6.07, 6.45) is 4.64. The van der Waals surface area contributed by atoms with E-state index in [9.17, 15) is 0 Å². The topological polar surface area (TPSA) is 25.8 Å². The van der Waals surface area contributed by atoms with E-state index in [0.717, 1.165) is 28.9 Å². The Balaban J connectivity index is 0.000000201. The van der Waals surface area contributed by atoms with E-state index in [4.69, 9.17) is 0 Å². The standard InChI is InChI=1S/C19H16N.C12H10N.Ir/c1-15-10-11-17(19-9-5-6-12-20-19)14-18(15)13-16-7-3-2-4-8-16;1-10-7-8-12(13-9-10)11-5-3-2-4-6-11;/h2-10,12,14H,13H2,1H3;2-5,7-9H,1H3;/q2*-1;. The fourth-order valence-electron chi connectivity index (χ4n) is 3.46. The Bertz CT molecular complexity index is 1270. The van der Waals surface area contributed by atoms with Crippen LogP contribution < -0.4 is 0 Å². The summed E-state index contributed by atoms with van der Waals surface area (Å²) >= 11 is 0. The molecule has 0 saturated heterocycles. The summed E-state index contributed by atoms with van der Waals surface area (Å²) < 4.78 is 0. The normalized spacial score (nSPS) is 9.94. The molecule has 34 heavy (non-hydrogen) atoms. The van der Waals surface area contributed by atoms with Gasteiger partial charge in [0.25, 0.3) is 0 Å². The van der Waals surface area contributed by atoms with Gasteiger partial charge in [0.15, 0.2) is 0 Å². The van der Waals surface area contributed by atoms with E-state index in [1.54, 1.807) is 0 Å². The molecule has 0 bridgehead atoms. The number of benzene rings is 3. The second kappa shape index (κ2) is 12.7. The van der Waals surface area contributed by atoms with Crippen LogP contribution in [0.25, 0.3) is 22.5 Å². The molecule has 3 heteroatoms. The predicted octanol–water partition coefficient (Wildman–Crippen LogP) is 7.30. The Kier molecular flexibility index (Phi) is 9.46. The summed E-state index contributed by atoms with van der Waals surface area (Å²) in [5, 5.41) is 0. The van der Waals surface area contributed by atoms with Crippen LogP contribution in [0, 0.1) is 26.0 Å². The SMILES string of the molecule is Cc1c[c-]c(-c2ccccn2)cc1Cc1ccccc1.Cc1ccc(-c2[c-]cccc2)nc1.[Ir]. The van der Waals surface area contributed by atoms with Crippen LogP contribution in [-0.2, 0) is 26.5 Å². The summed E-state index contributed by atoms with van der Waals surface area (Å²) in [4.78, 5) is 8.71. The molecule has 0 fully saturated rings. The van der Waals surface area contributed by atoms with Crippen molar-refractivity contribution in [3.63, 3.8) is 0 Å². The molecular formula is C31H26IrN2-2. The molecule has 171 valence electrons. The van der Waals surface area contributed by atoms with Crippen LogP contribution in [-0.4, -0.2) is 9.97 Å². The number of aryl methyl sites for hydroxylation is 2. The maximum absolute atomic E-state index is 4.40. The van der Waals surface area contributed by atoms with E-state index in [2.05, 4.69) is 77.6 Å². The van der Waals surface area contributed by atoms with Gasteiger partial charge < -0.3 is 9.97 Å². The van der Waals surface area contributed by atoms with Gasteiger partial charge in [-0.2, -0.15) is 0 Å². The van der Waals surface area contributed by atoms with Crippen LogP contribution >= 0.6 is 0 Å². The molecule has 5 aromatic rings. The summed E-state index contributed by atoms with van der Waals surface area (Å²) in [7, 11) is 0. The largest absolute Gasteiger partial charge is 0.305 e. The minimum atomic E-state index is 0. The van der Waals surface area contributed by atoms with Gasteiger partial charge in [0, 0.05) is 32.5 Å². The summed E-state index contributed by atoms with van der Waals surface area (Å²) in [6, 6.07) is 39.2. The Morgan fingerprint density at radius 2 is 1.47 bits per heavy atom. The first-order valence-electron chi connectivity index (χ1n) is 11.1. The van der Waals surface area contributed by atoms with E-state index in [-0.39, 0.29) is 20.1 Å². The molecule has 2 nitrogen and oxygen atoms in total. The molecule has 0 aliphatic rings. The van der Waals surface area contributed by atoms with Crippen LogP contribution in [0.15, 0.2) is 109 Å². The zero-order valence-electron chi connectivity index (χ0n) is 19.3. The fraction of sp³-hybridized carbons (Fsp3) is 0.0968. The number of aromatic nitrogens is 2. The monoisotopic (exact) mass is 619 g/mol. The van der Waals surface area contributed by atoms with Gasteiger partial charge in [-0.05, 0) is 41.9 Å². The molecular weight excluding hydrogens is 593 g/mol. The van der Waals surface area contributed by atoms with E-state index in [1.807, 2.05) is 67.8 Å². The maximum Gasteiger partial charge on any atom is 0.0190 e. The molecule has 0 atom stereocenters. The first-order chi connectivity index (χ1) is 16.2. The third-order valence-corrected chi connectivity index (χ3v) is 5.34. The average molecular weight is 619 g/mol. The van der Waals surface area contributed by atoms with Gasteiger partial charge >= 0.3 is 0 Å². The van der Waals surface area contributed by atoms with Crippen molar-refractivity contribution in [2.75, 3.05) is 0 Å². The second-order valence-corrected chi connectivity index (χ2v) is 7.93. The number of hydrogen-bond donors (Lipinski definition) is 0. The van der Waals surface area contributed by atoms with Gasteiger partial charge in [0.2, 0.25) is 0 Å². The minimum Gasteiger partial charge on any atom is -0.305 e. The maximum atomic E-state index is 4.40. The molecule has 0 aliphatic heterocycles. The third-order valence-electron chi connectivity index (χ3n) is 5.34. The Labute approximate surface area is 216 Å². The van der Waals surface area contributed by atoms with Crippen molar-refractivity contribution < 1.29 is 20.1 Å². The average Bonchev–Trinajstić information content (AvgIpc) is 2.88. The first-order valence-corrected chi connectivity index (χ1v) is 11.1. The van der Waals surface area contributed by atoms with Crippen molar-refractivity contribution in [3.05, 3.63) is 144 Å². The van der Waals surface area contributed by atoms with Crippen LogP contribution in [0.1, 0.15) is 22.3 Å². The Morgan fingerprint density at radius 1 is 0.706 bits per heavy atom. The van der Waals surface area contributed by atoms with E-state index in [0.29, 0.717) is 0 Å². The zero-order valence-corrected chi connectivity index (χ0v) is 21.7. The molecule has 2 aromatic heterocycles. The Hall–Kier alpha value is -3.39. The fourth-order valence-corrected chi connectivity index (χ4v) is 3.46. The minimum absolute atomic E-state index is 0. The Morgan fingerprint density at radius 3 is 2.15 bits per heavy atom. The van der Waals surface area contributed by atoms with Gasteiger partial charge in [0.05, 0.1) is 0 Å². The van der Waals surface area contributed by atoms with Crippen molar-refractivity contribution in [2.45, 2.75) is 20.3 Å². The number of hydrogen-bond acceptors (Lipinski definition) is 2. The second-order valence-electron chi connectivity index (χ2n) is 7.93. The summed E-state index contributed by atoms with van der Waals surface area (Å²) in [5.74, 6) is 0. The quantitative estimate of drug-likeness (QED) is 0.198. The third kappa shape index (κ3) is 7.05. The van der Waals surface area contributed by atoms with Crippen LogP contribution in [0.5, 0.6) is 0 Å². The summed E-state index contributed by atoms with van der Waals surface area (Å²) in [6.45, 7) is 4.17. The molecule has 1 radical (unpaired) electrons. The van der Waals surface area contributed by atoms with E-state index < -0.39 is 0 Å². The van der Waals surface area contributed by atoms with Crippen molar-refractivity contribution in [3.8, 4) is 22.5 Å². The van der Waals surface area contributed by atoms with Gasteiger partial charge in [-0.3, -0.25) is 0 Å². The molecule has 5 rings (SSSR count). The number of pyridine rings is 2. The molecule has 0 N–H and O–H groups in total. The van der Waals surface area contributed by atoms with E-state index in [1.165, 1.54) is 22.3 Å². The van der Waals surface area contributed by atoms with Crippen molar-refractivity contribution in [2.24, 2.45) is 0 Å². The summed E-state index contributed by atoms with van der Waals surface area (Å²) in [5.41, 5.74) is 9.16. The van der Waals surface area contributed by atoms with Gasteiger partial charge in [-0.15, -0.1) is 70.8 Å². The van der Waals surface area contributed by atoms with Gasteiger partial charge in [-0.25, -0.2) is 0 Å². The molecule has 3 aromatic carbocycles. The number of rotatable bonds is 4. The van der Waals surface area contributed by atoms with Crippen LogP contribution in [0.3, 0.4) is 0 Å². The predicted molar refractivity (Wildman–Crippen MR) is 136 cm³/mol. The molecule has 0 saturated carbocycles. The van der Waals surface area contributed by atoms with Crippen molar-refractivity contribution in [1.82, 2.24) is 9.97 Å².